The number of para-hydroxylation sites is 1. The zero-order valence-electron chi connectivity index (χ0n) is 13.6. The highest BCUT2D eigenvalue weighted by Crippen LogP contribution is 2.23. The first-order valence-electron chi connectivity index (χ1n) is 8.41. The van der Waals surface area contributed by atoms with Crippen molar-refractivity contribution in [1.82, 2.24) is 14.9 Å². The molecule has 2 aromatic rings. The number of carbonyl (C=O) groups is 1. The first-order valence-corrected chi connectivity index (χ1v) is 8.41. The quantitative estimate of drug-likeness (QED) is 0.850. The molecule has 1 amide bonds. The third-order valence-corrected chi connectivity index (χ3v) is 4.52. The predicted molar refractivity (Wildman–Crippen MR) is 89.3 cm³/mol. The van der Waals surface area contributed by atoms with Crippen LogP contribution in [0.15, 0.2) is 30.6 Å². The summed E-state index contributed by atoms with van der Waals surface area (Å²) in [5, 5.41) is 0.837. The van der Waals surface area contributed by atoms with Crippen LogP contribution in [-0.2, 0) is 4.79 Å². The van der Waals surface area contributed by atoms with Gasteiger partial charge in [0.1, 0.15) is 6.33 Å². The van der Waals surface area contributed by atoms with Crippen LogP contribution in [0.1, 0.15) is 39.0 Å². The van der Waals surface area contributed by atoms with E-state index in [0.29, 0.717) is 11.9 Å². The van der Waals surface area contributed by atoms with Gasteiger partial charge in [0, 0.05) is 12.6 Å². The molecular weight excluding hydrogens is 290 g/mol. The Morgan fingerprint density at radius 2 is 2.00 bits per heavy atom. The van der Waals surface area contributed by atoms with Crippen LogP contribution in [0.25, 0.3) is 10.9 Å². The minimum absolute atomic E-state index is 0.0331. The average Bonchev–Trinajstić information content (AvgIpc) is 2.61. The maximum absolute atomic E-state index is 12.5. The zero-order chi connectivity index (χ0) is 16.1. The van der Waals surface area contributed by atoms with E-state index >= 15 is 0 Å². The van der Waals surface area contributed by atoms with Gasteiger partial charge in [-0.15, -0.1) is 0 Å². The van der Waals surface area contributed by atoms with E-state index in [0.717, 1.165) is 30.3 Å². The Morgan fingerprint density at radius 1 is 1.22 bits per heavy atom. The Kier molecular flexibility index (Phi) is 5.05. The van der Waals surface area contributed by atoms with Gasteiger partial charge in [0.25, 0.3) is 5.91 Å². The van der Waals surface area contributed by atoms with Crippen molar-refractivity contribution in [2.45, 2.75) is 45.1 Å². The standard InChI is InChI=1S/C18H23N3O2/c1-2-21(14-8-4-3-5-9-14)17(22)12-23-18-15-10-6-7-11-16(15)19-13-20-18/h6-7,10-11,13-14H,2-5,8-9,12H2,1H3. The summed E-state index contributed by atoms with van der Waals surface area (Å²) in [6.45, 7) is 2.80. The van der Waals surface area contributed by atoms with Crippen LogP contribution < -0.4 is 4.74 Å². The molecule has 0 N–H and O–H groups in total. The molecule has 1 aliphatic carbocycles. The Morgan fingerprint density at radius 3 is 2.78 bits per heavy atom. The highest BCUT2D eigenvalue weighted by Gasteiger charge is 2.24. The minimum atomic E-state index is 0.0331. The van der Waals surface area contributed by atoms with E-state index in [-0.39, 0.29) is 12.5 Å². The lowest BCUT2D eigenvalue weighted by molar-refractivity contribution is -0.136. The normalized spacial score (nSPS) is 15.5. The molecule has 122 valence electrons. The summed E-state index contributed by atoms with van der Waals surface area (Å²) in [6.07, 6.45) is 7.40. The molecule has 0 radical (unpaired) electrons. The topological polar surface area (TPSA) is 55.3 Å². The highest BCUT2D eigenvalue weighted by atomic mass is 16.5. The Bertz CT molecular complexity index is 663. The number of hydrogen-bond acceptors (Lipinski definition) is 4. The lowest BCUT2D eigenvalue weighted by Gasteiger charge is -2.33. The van der Waals surface area contributed by atoms with Crippen LogP contribution in [-0.4, -0.2) is 40.0 Å². The molecule has 5 nitrogen and oxygen atoms in total. The summed E-state index contributed by atoms with van der Waals surface area (Å²) >= 11 is 0. The number of amides is 1. The van der Waals surface area contributed by atoms with Crippen molar-refractivity contribution in [3.63, 3.8) is 0 Å². The van der Waals surface area contributed by atoms with Crippen LogP contribution in [0, 0.1) is 0 Å². The first-order chi connectivity index (χ1) is 11.3. The van der Waals surface area contributed by atoms with E-state index in [2.05, 4.69) is 9.97 Å². The largest absolute Gasteiger partial charge is 0.467 e. The van der Waals surface area contributed by atoms with E-state index in [1.54, 1.807) is 0 Å². The number of likely N-dealkylation sites (N-methyl/N-ethyl adjacent to an activating group) is 1. The Labute approximate surface area is 136 Å². The number of rotatable bonds is 5. The fraction of sp³-hybridized carbons (Fsp3) is 0.500. The summed E-state index contributed by atoms with van der Waals surface area (Å²) < 4.78 is 5.71. The van der Waals surface area contributed by atoms with E-state index in [4.69, 9.17) is 4.74 Å². The fourth-order valence-electron chi connectivity index (χ4n) is 3.34. The summed E-state index contributed by atoms with van der Waals surface area (Å²) in [6, 6.07) is 8.03. The summed E-state index contributed by atoms with van der Waals surface area (Å²) in [4.78, 5) is 22.9. The number of fused-ring (bicyclic) bond motifs is 1. The van der Waals surface area contributed by atoms with Gasteiger partial charge in [-0.05, 0) is 31.9 Å². The molecule has 1 aromatic heterocycles. The van der Waals surface area contributed by atoms with Crippen LogP contribution in [0.3, 0.4) is 0 Å². The number of aromatic nitrogens is 2. The molecule has 0 unspecified atom stereocenters. The van der Waals surface area contributed by atoms with Gasteiger partial charge in [0.15, 0.2) is 6.61 Å². The Balaban J connectivity index is 1.67. The van der Waals surface area contributed by atoms with E-state index in [9.17, 15) is 4.79 Å². The van der Waals surface area contributed by atoms with Crippen molar-refractivity contribution in [3.8, 4) is 5.88 Å². The van der Waals surface area contributed by atoms with Crippen molar-refractivity contribution in [3.05, 3.63) is 30.6 Å². The highest BCUT2D eigenvalue weighted by molar-refractivity contribution is 5.84. The van der Waals surface area contributed by atoms with Crippen LogP contribution >= 0.6 is 0 Å². The molecule has 0 atom stereocenters. The van der Waals surface area contributed by atoms with Gasteiger partial charge < -0.3 is 9.64 Å². The van der Waals surface area contributed by atoms with Crippen molar-refractivity contribution in [2.24, 2.45) is 0 Å². The predicted octanol–water partition coefficient (Wildman–Crippen LogP) is 3.19. The maximum atomic E-state index is 12.5. The van der Waals surface area contributed by atoms with E-state index in [1.807, 2.05) is 36.1 Å². The molecule has 0 aliphatic heterocycles. The van der Waals surface area contributed by atoms with Crippen molar-refractivity contribution >= 4 is 16.8 Å². The second-order valence-electron chi connectivity index (χ2n) is 5.96. The van der Waals surface area contributed by atoms with Gasteiger partial charge in [-0.25, -0.2) is 9.97 Å². The molecule has 0 bridgehead atoms. The van der Waals surface area contributed by atoms with Crippen molar-refractivity contribution in [2.75, 3.05) is 13.2 Å². The van der Waals surface area contributed by atoms with Gasteiger partial charge in [0.2, 0.25) is 5.88 Å². The van der Waals surface area contributed by atoms with Crippen molar-refractivity contribution in [1.29, 1.82) is 0 Å². The van der Waals surface area contributed by atoms with Gasteiger partial charge >= 0.3 is 0 Å². The molecule has 1 aliphatic rings. The number of nitrogens with zero attached hydrogens (tertiary/aromatic N) is 3. The number of hydrogen-bond donors (Lipinski definition) is 0. The third-order valence-electron chi connectivity index (χ3n) is 4.52. The van der Waals surface area contributed by atoms with Crippen LogP contribution in [0.2, 0.25) is 0 Å². The molecule has 23 heavy (non-hydrogen) atoms. The average molecular weight is 313 g/mol. The SMILES string of the molecule is CCN(C(=O)COc1ncnc2ccccc12)C1CCCCC1. The number of carbonyl (C=O) groups excluding carboxylic acids is 1. The van der Waals surface area contributed by atoms with E-state index < -0.39 is 0 Å². The Hall–Kier alpha value is -2.17. The summed E-state index contributed by atoms with van der Waals surface area (Å²) in [5.74, 6) is 0.519. The summed E-state index contributed by atoms with van der Waals surface area (Å²) in [5.41, 5.74) is 0.824. The summed E-state index contributed by atoms with van der Waals surface area (Å²) in [7, 11) is 0. The van der Waals surface area contributed by atoms with Gasteiger partial charge in [-0.1, -0.05) is 31.4 Å². The van der Waals surface area contributed by atoms with Gasteiger partial charge in [-0.3, -0.25) is 4.79 Å². The van der Waals surface area contributed by atoms with Crippen LogP contribution in [0.5, 0.6) is 5.88 Å². The van der Waals surface area contributed by atoms with Gasteiger partial charge in [-0.2, -0.15) is 0 Å². The molecule has 0 spiro atoms. The lowest BCUT2D eigenvalue weighted by Crippen LogP contribution is -2.43. The maximum Gasteiger partial charge on any atom is 0.260 e. The second kappa shape index (κ2) is 7.40. The minimum Gasteiger partial charge on any atom is -0.467 e. The molecule has 0 saturated heterocycles. The molecule has 5 heteroatoms. The molecule has 1 heterocycles. The zero-order valence-corrected chi connectivity index (χ0v) is 13.6. The van der Waals surface area contributed by atoms with E-state index in [1.165, 1.54) is 25.6 Å². The number of ether oxygens (including phenoxy) is 1. The monoisotopic (exact) mass is 313 g/mol. The molecule has 1 aromatic carbocycles. The lowest BCUT2D eigenvalue weighted by atomic mass is 9.94. The fourth-order valence-corrected chi connectivity index (χ4v) is 3.34. The number of benzene rings is 1. The second-order valence-corrected chi connectivity index (χ2v) is 5.96. The third kappa shape index (κ3) is 3.60. The van der Waals surface area contributed by atoms with Crippen molar-refractivity contribution < 1.29 is 9.53 Å². The van der Waals surface area contributed by atoms with Gasteiger partial charge in [0.05, 0.1) is 10.9 Å². The van der Waals surface area contributed by atoms with Crippen LogP contribution in [0.4, 0.5) is 0 Å². The molecule has 3 rings (SSSR count). The molecule has 1 fully saturated rings. The molecular formula is C18H23N3O2. The molecule has 1 saturated carbocycles. The first kappa shape index (κ1) is 15.7. The smallest absolute Gasteiger partial charge is 0.260 e.